The molecule has 9 heteroatoms. The van der Waals surface area contributed by atoms with Gasteiger partial charge in [-0.2, -0.15) is 13.1 Å². The third-order valence-electron chi connectivity index (χ3n) is 1.53. The van der Waals surface area contributed by atoms with Crippen LogP contribution in [0, 0.1) is 0 Å². The highest BCUT2D eigenvalue weighted by molar-refractivity contribution is 7.88. The maximum absolute atomic E-state index is 11.4. The molecule has 0 aliphatic heterocycles. The lowest BCUT2D eigenvalue weighted by Crippen LogP contribution is -2.47. The van der Waals surface area contributed by atoms with Gasteiger partial charge in [0.15, 0.2) is 0 Å². The number of rotatable bonds is 6. The SMILES string of the molecule is CCOC(=O)C(C)NS(=O)(=O)NC(=O)OC(C)C. The van der Waals surface area contributed by atoms with E-state index in [1.54, 1.807) is 25.5 Å². The van der Waals surface area contributed by atoms with E-state index in [1.165, 1.54) is 6.92 Å². The van der Waals surface area contributed by atoms with Crippen molar-refractivity contribution in [2.45, 2.75) is 39.8 Å². The van der Waals surface area contributed by atoms with Crippen LogP contribution in [0.2, 0.25) is 0 Å². The monoisotopic (exact) mass is 282 g/mol. The molecule has 0 spiro atoms. The van der Waals surface area contributed by atoms with Crippen LogP contribution in [0.25, 0.3) is 0 Å². The summed E-state index contributed by atoms with van der Waals surface area (Å²) in [6, 6.07) is -1.10. The fourth-order valence-corrected chi connectivity index (χ4v) is 1.81. The number of ether oxygens (including phenoxy) is 2. The maximum Gasteiger partial charge on any atom is 0.422 e. The second kappa shape index (κ2) is 7.17. The molecule has 0 aliphatic carbocycles. The summed E-state index contributed by atoms with van der Waals surface area (Å²) in [5.41, 5.74) is 0. The van der Waals surface area contributed by atoms with E-state index in [1.807, 2.05) is 4.72 Å². The molecule has 0 bridgehead atoms. The molecule has 1 atom stereocenters. The summed E-state index contributed by atoms with van der Waals surface area (Å²) < 4.78 is 35.6. The Bertz CT molecular complexity index is 392. The first-order valence-corrected chi connectivity index (χ1v) is 6.83. The van der Waals surface area contributed by atoms with Gasteiger partial charge in [0.1, 0.15) is 6.04 Å². The Labute approximate surface area is 106 Å². The van der Waals surface area contributed by atoms with Crippen LogP contribution in [0.15, 0.2) is 0 Å². The van der Waals surface area contributed by atoms with Gasteiger partial charge >= 0.3 is 22.3 Å². The first-order chi connectivity index (χ1) is 8.18. The number of hydrogen-bond donors (Lipinski definition) is 2. The second-order valence-corrected chi connectivity index (χ2v) is 5.10. The van der Waals surface area contributed by atoms with Gasteiger partial charge in [0.2, 0.25) is 0 Å². The van der Waals surface area contributed by atoms with Gasteiger partial charge < -0.3 is 9.47 Å². The van der Waals surface area contributed by atoms with Gasteiger partial charge in [-0.15, -0.1) is 0 Å². The molecule has 0 aromatic heterocycles. The standard InChI is InChI=1S/C9H18N2O6S/c1-5-16-8(12)7(4)10-18(14,15)11-9(13)17-6(2)3/h6-7,10H,5H2,1-4H3,(H,11,13). The highest BCUT2D eigenvalue weighted by atomic mass is 32.2. The zero-order chi connectivity index (χ0) is 14.3. The molecule has 0 fully saturated rings. The molecule has 1 unspecified atom stereocenters. The maximum atomic E-state index is 11.4. The van der Waals surface area contributed by atoms with Gasteiger partial charge in [0, 0.05) is 0 Å². The molecule has 0 radical (unpaired) electrons. The third-order valence-corrected chi connectivity index (χ3v) is 2.63. The molecule has 0 aromatic rings. The summed E-state index contributed by atoms with van der Waals surface area (Å²) in [4.78, 5) is 22.3. The molecule has 0 heterocycles. The van der Waals surface area contributed by atoms with E-state index in [0.717, 1.165) is 0 Å². The van der Waals surface area contributed by atoms with Gasteiger partial charge in [0.25, 0.3) is 0 Å². The number of esters is 1. The topological polar surface area (TPSA) is 111 Å². The van der Waals surface area contributed by atoms with Crippen LogP contribution >= 0.6 is 0 Å². The summed E-state index contributed by atoms with van der Waals surface area (Å²) in [5, 5.41) is 0. The van der Waals surface area contributed by atoms with Crippen LogP contribution in [0.1, 0.15) is 27.7 Å². The van der Waals surface area contributed by atoms with E-state index in [-0.39, 0.29) is 6.61 Å². The molecular weight excluding hydrogens is 264 g/mol. The van der Waals surface area contributed by atoms with Crippen molar-refractivity contribution in [2.75, 3.05) is 6.61 Å². The van der Waals surface area contributed by atoms with E-state index in [9.17, 15) is 18.0 Å². The quantitative estimate of drug-likeness (QED) is 0.658. The van der Waals surface area contributed by atoms with Crippen LogP contribution in [0.4, 0.5) is 4.79 Å². The number of amides is 1. The Balaban J connectivity index is 4.39. The van der Waals surface area contributed by atoms with Crippen molar-refractivity contribution in [1.29, 1.82) is 0 Å². The highest BCUT2D eigenvalue weighted by Gasteiger charge is 2.23. The first-order valence-electron chi connectivity index (χ1n) is 5.35. The second-order valence-electron chi connectivity index (χ2n) is 3.65. The minimum absolute atomic E-state index is 0.133. The van der Waals surface area contributed by atoms with E-state index in [0.29, 0.717) is 0 Å². The number of carbonyl (C=O) groups excluding carboxylic acids is 2. The van der Waals surface area contributed by atoms with Gasteiger partial charge in [-0.25, -0.2) is 9.52 Å². The lowest BCUT2D eigenvalue weighted by atomic mass is 10.4. The van der Waals surface area contributed by atoms with Crippen molar-refractivity contribution in [3.05, 3.63) is 0 Å². The largest absolute Gasteiger partial charge is 0.465 e. The number of nitrogens with one attached hydrogen (secondary N) is 2. The van der Waals surface area contributed by atoms with E-state index < -0.39 is 34.4 Å². The summed E-state index contributed by atoms with van der Waals surface area (Å²) in [5.74, 6) is -0.736. The Kier molecular flexibility index (Phi) is 6.63. The summed E-state index contributed by atoms with van der Waals surface area (Å²) in [6.45, 7) is 6.16. The normalized spacial score (nSPS) is 12.9. The predicted octanol–water partition coefficient (Wildman–Crippen LogP) is -0.0930. The summed E-state index contributed by atoms with van der Waals surface area (Å²) in [7, 11) is -4.16. The van der Waals surface area contributed by atoms with Gasteiger partial charge in [-0.3, -0.25) is 4.79 Å². The number of carbonyl (C=O) groups is 2. The van der Waals surface area contributed by atoms with Gasteiger partial charge in [-0.05, 0) is 27.7 Å². The Morgan fingerprint density at radius 1 is 1.22 bits per heavy atom. The molecule has 2 N–H and O–H groups in total. The highest BCUT2D eigenvalue weighted by Crippen LogP contribution is 1.93. The molecule has 1 amide bonds. The molecular formula is C9H18N2O6S. The summed E-state index contributed by atoms with van der Waals surface area (Å²) in [6.07, 6.45) is -1.57. The van der Waals surface area contributed by atoms with Crippen molar-refractivity contribution < 1.29 is 27.5 Å². The fraction of sp³-hybridized carbons (Fsp3) is 0.778. The molecule has 8 nitrogen and oxygen atoms in total. The Morgan fingerprint density at radius 3 is 2.22 bits per heavy atom. The molecule has 0 rings (SSSR count). The van der Waals surface area contributed by atoms with Crippen molar-refractivity contribution in [2.24, 2.45) is 0 Å². The van der Waals surface area contributed by atoms with Crippen molar-refractivity contribution >= 4 is 22.3 Å². The average Bonchev–Trinajstić information content (AvgIpc) is 2.14. The van der Waals surface area contributed by atoms with E-state index >= 15 is 0 Å². The van der Waals surface area contributed by atoms with Gasteiger partial charge in [0.05, 0.1) is 12.7 Å². The molecule has 0 aromatic carbocycles. The van der Waals surface area contributed by atoms with Crippen LogP contribution in [0.3, 0.4) is 0 Å². The van der Waals surface area contributed by atoms with Crippen molar-refractivity contribution in [1.82, 2.24) is 9.44 Å². The number of hydrogen-bond acceptors (Lipinski definition) is 6. The first kappa shape index (κ1) is 16.6. The van der Waals surface area contributed by atoms with Crippen molar-refractivity contribution in [3.8, 4) is 0 Å². The molecule has 0 aliphatic rings. The van der Waals surface area contributed by atoms with Crippen LogP contribution in [-0.4, -0.2) is 39.2 Å². The lowest BCUT2D eigenvalue weighted by molar-refractivity contribution is -0.144. The Hall–Kier alpha value is -1.35. The van der Waals surface area contributed by atoms with E-state index in [4.69, 9.17) is 0 Å². The molecule has 106 valence electrons. The zero-order valence-electron chi connectivity index (χ0n) is 10.7. The molecule has 0 saturated carbocycles. The fourth-order valence-electron chi connectivity index (χ4n) is 0.925. The zero-order valence-corrected chi connectivity index (χ0v) is 11.5. The predicted molar refractivity (Wildman–Crippen MR) is 62.9 cm³/mol. The smallest absolute Gasteiger partial charge is 0.422 e. The average molecular weight is 282 g/mol. The minimum atomic E-state index is -4.16. The Morgan fingerprint density at radius 2 is 1.78 bits per heavy atom. The lowest BCUT2D eigenvalue weighted by Gasteiger charge is -2.14. The van der Waals surface area contributed by atoms with Gasteiger partial charge in [-0.1, -0.05) is 0 Å². The van der Waals surface area contributed by atoms with Crippen LogP contribution in [0.5, 0.6) is 0 Å². The third kappa shape index (κ3) is 7.07. The minimum Gasteiger partial charge on any atom is -0.465 e. The van der Waals surface area contributed by atoms with Crippen LogP contribution < -0.4 is 9.44 Å². The summed E-state index contributed by atoms with van der Waals surface area (Å²) >= 11 is 0. The van der Waals surface area contributed by atoms with Crippen molar-refractivity contribution in [3.63, 3.8) is 0 Å². The molecule has 0 saturated heterocycles. The van der Waals surface area contributed by atoms with Crippen LogP contribution in [-0.2, 0) is 24.5 Å². The van der Waals surface area contributed by atoms with E-state index in [2.05, 4.69) is 9.47 Å². The molecule has 18 heavy (non-hydrogen) atoms.